The van der Waals surface area contributed by atoms with Gasteiger partial charge >= 0.3 is 0 Å². The summed E-state index contributed by atoms with van der Waals surface area (Å²) in [6.07, 6.45) is 0. The summed E-state index contributed by atoms with van der Waals surface area (Å²) in [6.45, 7) is 2.33. The number of benzene rings is 2. The number of hydrogen-bond donors (Lipinski definition) is 1. The van der Waals surface area contributed by atoms with Gasteiger partial charge in [0.15, 0.2) is 0 Å². The first-order valence-electron chi connectivity index (χ1n) is 6.26. The maximum Gasteiger partial charge on any atom is 0.248 e. The van der Waals surface area contributed by atoms with Crippen molar-refractivity contribution in [2.24, 2.45) is 5.73 Å². The number of rotatable bonds is 5. The zero-order valence-corrected chi connectivity index (χ0v) is 11.6. The van der Waals surface area contributed by atoms with Crippen molar-refractivity contribution >= 4 is 5.91 Å². The first-order chi connectivity index (χ1) is 9.60. The number of ether oxygens (including phenoxy) is 2. The van der Waals surface area contributed by atoms with Gasteiger partial charge in [0.25, 0.3) is 0 Å². The number of aryl methyl sites for hydroxylation is 1. The molecule has 2 N–H and O–H groups in total. The average Bonchev–Trinajstić information content (AvgIpc) is 2.46. The van der Waals surface area contributed by atoms with Gasteiger partial charge in [-0.3, -0.25) is 4.79 Å². The molecule has 4 heteroatoms. The molecule has 0 aliphatic heterocycles. The summed E-state index contributed by atoms with van der Waals surface area (Å²) in [4.78, 5) is 11.2. The van der Waals surface area contributed by atoms with Crippen LogP contribution in [-0.2, 0) is 6.61 Å². The zero-order chi connectivity index (χ0) is 14.5. The molecule has 2 aromatic rings. The highest BCUT2D eigenvalue weighted by atomic mass is 16.5. The molecule has 2 aromatic carbocycles. The Morgan fingerprint density at radius 2 is 1.85 bits per heavy atom. The molecule has 0 aliphatic carbocycles. The fraction of sp³-hybridized carbons (Fsp3) is 0.188. The Morgan fingerprint density at radius 3 is 2.45 bits per heavy atom. The fourth-order valence-corrected chi connectivity index (χ4v) is 1.84. The van der Waals surface area contributed by atoms with Crippen LogP contribution in [0.4, 0.5) is 0 Å². The Morgan fingerprint density at radius 1 is 1.15 bits per heavy atom. The fourth-order valence-electron chi connectivity index (χ4n) is 1.84. The molecule has 0 radical (unpaired) electrons. The third kappa shape index (κ3) is 3.29. The van der Waals surface area contributed by atoms with Crippen LogP contribution >= 0.6 is 0 Å². The molecule has 1 amide bonds. The SMILES string of the molecule is COc1ccc(C(N)=O)cc1COc1ccc(C)cc1. The first-order valence-corrected chi connectivity index (χ1v) is 6.26. The molecular formula is C16H17NO3. The van der Waals surface area contributed by atoms with Crippen molar-refractivity contribution in [2.75, 3.05) is 7.11 Å². The number of hydrogen-bond acceptors (Lipinski definition) is 3. The minimum absolute atomic E-state index is 0.313. The highest BCUT2D eigenvalue weighted by Crippen LogP contribution is 2.22. The van der Waals surface area contributed by atoms with Gasteiger partial charge in [-0.1, -0.05) is 17.7 Å². The van der Waals surface area contributed by atoms with E-state index in [-0.39, 0.29) is 0 Å². The number of amides is 1. The van der Waals surface area contributed by atoms with Gasteiger partial charge in [0.2, 0.25) is 5.91 Å². The van der Waals surface area contributed by atoms with Crippen LogP contribution in [0.2, 0.25) is 0 Å². The van der Waals surface area contributed by atoms with Crippen LogP contribution in [0.25, 0.3) is 0 Å². The van der Waals surface area contributed by atoms with E-state index in [1.165, 1.54) is 5.56 Å². The summed E-state index contributed by atoms with van der Waals surface area (Å²) < 4.78 is 10.9. The van der Waals surface area contributed by atoms with E-state index in [4.69, 9.17) is 15.2 Å². The molecule has 0 saturated carbocycles. The van der Waals surface area contributed by atoms with E-state index in [1.807, 2.05) is 31.2 Å². The number of carbonyl (C=O) groups excluding carboxylic acids is 1. The van der Waals surface area contributed by atoms with Crippen molar-refractivity contribution in [3.63, 3.8) is 0 Å². The molecule has 0 heterocycles. The Balaban J connectivity index is 2.16. The molecule has 0 atom stereocenters. The highest BCUT2D eigenvalue weighted by molar-refractivity contribution is 5.93. The van der Waals surface area contributed by atoms with Crippen LogP contribution in [0.3, 0.4) is 0 Å². The lowest BCUT2D eigenvalue weighted by molar-refractivity contribution is 0.1000. The lowest BCUT2D eigenvalue weighted by atomic mass is 10.1. The van der Waals surface area contributed by atoms with Gasteiger partial charge in [0.1, 0.15) is 18.1 Å². The average molecular weight is 271 g/mol. The summed E-state index contributed by atoms with van der Waals surface area (Å²) in [5.41, 5.74) is 7.67. The molecule has 0 saturated heterocycles. The second-order valence-electron chi connectivity index (χ2n) is 4.49. The normalized spacial score (nSPS) is 10.1. The molecule has 0 bridgehead atoms. The summed E-state index contributed by atoms with van der Waals surface area (Å²) in [5, 5.41) is 0. The van der Waals surface area contributed by atoms with E-state index in [9.17, 15) is 4.79 Å². The molecule has 0 aliphatic rings. The predicted octanol–water partition coefficient (Wildman–Crippen LogP) is 2.68. The Hall–Kier alpha value is -2.49. The topological polar surface area (TPSA) is 61.5 Å². The number of primary amides is 1. The van der Waals surface area contributed by atoms with Crippen molar-refractivity contribution in [3.8, 4) is 11.5 Å². The van der Waals surface area contributed by atoms with Gasteiger partial charge < -0.3 is 15.2 Å². The van der Waals surface area contributed by atoms with E-state index in [0.29, 0.717) is 17.9 Å². The van der Waals surface area contributed by atoms with Crippen molar-refractivity contribution in [3.05, 3.63) is 59.2 Å². The van der Waals surface area contributed by atoms with Gasteiger partial charge in [0.05, 0.1) is 7.11 Å². The largest absolute Gasteiger partial charge is 0.496 e. The maximum absolute atomic E-state index is 11.2. The number of methoxy groups -OCH3 is 1. The molecule has 2 rings (SSSR count). The summed E-state index contributed by atoms with van der Waals surface area (Å²) >= 11 is 0. The summed E-state index contributed by atoms with van der Waals surface area (Å²) in [5.74, 6) is 0.966. The van der Waals surface area contributed by atoms with Crippen LogP contribution in [-0.4, -0.2) is 13.0 Å². The minimum Gasteiger partial charge on any atom is -0.496 e. The number of nitrogens with two attached hydrogens (primary N) is 1. The van der Waals surface area contributed by atoms with Gasteiger partial charge in [-0.15, -0.1) is 0 Å². The third-order valence-corrected chi connectivity index (χ3v) is 2.98. The van der Waals surface area contributed by atoms with Gasteiger partial charge in [-0.2, -0.15) is 0 Å². The smallest absolute Gasteiger partial charge is 0.248 e. The van der Waals surface area contributed by atoms with E-state index < -0.39 is 5.91 Å². The highest BCUT2D eigenvalue weighted by Gasteiger charge is 2.08. The maximum atomic E-state index is 11.2. The summed E-state index contributed by atoms with van der Waals surface area (Å²) in [7, 11) is 1.58. The molecule has 0 aromatic heterocycles. The molecule has 20 heavy (non-hydrogen) atoms. The standard InChI is InChI=1S/C16H17NO3/c1-11-3-6-14(7-4-11)20-10-13-9-12(16(17)18)5-8-15(13)19-2/h3-9H,10H2,1-2H3,(H2,17,18). The van der Waals surface area contributed by atoms with Gasteiger partial charge in [0, 0.05) is 11.1 Å². The van der Waals surface area contributed by atoms with Crippen LogP contribution in [0.5, 0.6) is 11.5 Å². The lowest BCUT2D eigenvalue weighted by Gasteiger charge is -2.11. The Bertz CT molecular complexity index is 606. The first kappa shape index (κ1) is 13.9. The Kier molecular flexibility index (Phi) is 4.25. The second kappa shape index (κ2) is 6.10. The van der Waals surface area contributed by atoms with Crippen molar-refractivity contribution < 1.29 is 14.3 Å². The van der Waals surface area contributed by atoms with Crippen LogP contribution in [0.1, 0.15) is 21.5 Å². The van der Waals surface area contributed by atoms with Gasteiger partial charge in [-0.25, -0.2) is 0 Å². The molecule has 0 spiro atoms. The van der Waals surface area contributed by atoms with Crippen LogP contribution in [0, 0.1) is 6.92 Å². The van der Waals surface area contributed by atoms with E-state index in [2.05, 4.69) is 0 Å². The Labute approximate surface area is 118 Å². The van der Waals surface area contributed by atoms with Crippen LogP contribution in [0.15, 0.2) is 42.5 Å². The zero-order valence-electron chi connectivity index (χ0n) is 11.6. The third-order valence-electron chi connectivity index (χ3n) is 2.98. The van der Waals surface area contributed by atoms with Gasteiger partial charge in [-0.05, 0) is 37.3 Å². The second-order valence-corrected chi connectivity index (χ2v) is 4.49. The van der Waals surface area contributed by atoms with E-state index in [1.54, 1.807) is 25.3 Å². The van der Waals surface area contributed by atoms with Crippen molar-refractivity contribution in [1.29, 1.82) is 0 Å². The lowest BCUT2D eigenvalue weighted by Crippen LogP contribution is -2.12. The number of carbonyl (C=O) groups is 1. The minimum atomic E-state index is -0.468. The molecule has 0 unspecified atom stereocenters. The molecule has 4 nitrogen and oxygen atoms in total. The van der Waals surface area contributed by atoms with Crippen molar-refractivity contribution in [1.82, 2.24) is 0 Å². The van der Waals surface area contributed by atoms with Crippen molar-refractivity contribution in [2.45, 2.75) is 13.5 Å². The molecule has 104 valence electrons. The predicted molar refractivity (Wildman–Crippen MR) is 77.0 cm³/mol. The molecule has 0 fully saturated rings. The van der Waals surface area contributed by atoms with Crippen LogP contribution < -0.4 is 15.2 Å². The van der Waals surface area contributed by atoms with E-state index >= 15 is 0 Å². The van der Waals surface area contributed by atoms with E-state index in [0.717, 1.165) is 11.3 Å². The monoisotopic (exact) mass is 271 g/mol. The molecular weight excluding hydrogens is 254 g/mol. The quantitative estimate of drug-likeness (QED) is 0.909. The summed E-state index contributed by atoms with van der Waals surface area (Å²) in [6, 6.07) is 12.8.